The predicted octanol–water partition coefficient (Wildman–Crippen LogP) is 15.4. The molecule has 0 radical (unpaired) electrons. The van der Waals surface area contributed by atoms with E-state index < -0.39 is 0 Å². The Morgan fingerprint density at radius 1 is 0.268 bits per heavy atom. The number of rotatable bonds is 3. The van der Waals surface area contributed by atoms with E-state index in [4.69, 9.17) is 0 Å². The van der Waals surface area contributed by atoms with Gasteiger partial charge in [0.2, 0.25) is 0 Å². The van der Waals surface area contributed by atoms with Crippen LogP contribution >= 0.6 is 0 Å². The van der Waals surface area contributed by atoms with Crippen LogP contribution in [0.4, 0.5) is 0 Å². The zero-order valence-electron chi connectivity index (χ0n) is 32.2. The van der Waals surface area contributed by atoms with Crippen molar-refractivity contribution in [2.45, 2.75) is 38.5 Å². The van der Waals surface area contributed by atoms with Crippen LogP contribution < -0.4 is 0 Å². The minimum absolute atomic E-state index is 0.0171. The van der Waals surface area contributed by atoms with Gasteiger partial charge < -0.3 is 0 Å². The second-order valence-corrected chi connectivity index (χ2v) is 17.3. The number of fused-ring (bicyclic) bond motifs is 7. The Labute approximate surface area is 328 Å². The molecule has 0 amide bonds. The summed E-state index contributed by atoms with van der Waals surface area (Å²) in [4.78, 5) is 0. The lowest BCUT2D eigenvalue weighted by Crippen LogP contribution is -2.17. The van der Waals surface area contributed by atoms with Crippen molar-refractivity contribution in [3.63, 3.8) is 0 Å². The Kier molecular flexibility index (Phi) is 6.28. The van der Waals surface area contributed by atoms with Crippen molar-refractivity contribution in [2.75, 3.05) is 0 Å². The van der Waals surface area contributed by atoms with Crippen molar-refractivity contribution in [3.8, 4) is 55.6 Å². The van der Waals surface area contributed by atoms with E-state index in [1.54, 1.807) is 0 Å². The maximum absolute atomic E-state index is 2.52. The lowest BCUT2D eigenvalue weighted by molar-refractivity contribution is 0.652. The van der Waals surface area contributed by atoms with Gasteiger partial charge in [-0.1, -0.05) is 173 Å². The van der Waals surface area contributed by atoms with Crippen molar-refractivity contribution in [3.05, 3.63) is 192 Å². The minimum atomic E-state index is -0.111. The van der Waals surface area contributed by atoms with Gasteiger partial charge in [0.05, 0.1) is 0 Å². The zero-order valence-corrected chi connectivity index (χ0v) is 32.2. The van der Waals surface area contributed by atoms with Gasteiger partial charge in [0, 0.05) is 10.8 Å². The number of hydrogen-bond acceptors (Lipinski definition) is 0. The molecule has 0 aliphatic heterocycles. The minimum Gasteiger partial charge on any atom is -0.0619 e. The Morgan fingerprint density at radius 3 is 1.43 bits per heavy atom. The van der Waals surface area contributed by atoms with E-state index in [1.165, 1.54) is 121 Å². The highest BCUT2D eigenvalue weighted by Gasteiger charge is 2.41. The topological polar surface area (TPSA) is 0 Å². The van der Waals surface area contributed by atoms with Gasteiger partial charge in [0.15, 0.2) is 0 Å². The first-order valence-electron chi connectivity index (χ1n) is 20.0. The molecule has 0 saturated carbocycles. The van der Waals surface area contributed by atoms with Gasteiger partial charge >= 0.3 is 0 Å². The number of benzene rings is 10. The zero-order chi connectivity index (χ0) is 37.5. The Balaban J connectivity index is 0.965. The van der Waals surface area contributed by atoms with Gasteiger partial charge in [-0.25, -0.2) is 0 Å². The molecule has 12 rings (SSSR count). The Morgan fingerprint density at radius 2 is 0.732 bits per heavy atom. The van der Waals surface area contributed by atoms with E-state index in [9.17, 15) is 0 Å². The van der Waals surface area contributed by atoms with Crippen LogP contribution in [0.3, 0.4) is 0 Å². The van der Waals surface area contributed by atoms with Crippen molar-refractivity contribution >= 4 is 43.1 Å². The summed E-state index contributed by atoms with van der Waals surface area (Å²) in [5.41, 5.74) is 18.7. The molecule has 0 unspecified atom stereocenters. The average molecular weight is 713 g/mol. The third-order valence-corrected chi connectivity index (χ3v) is 13.6. The second kappa shape index (κ2) is 11.1. The van der Waals surface area contributed by atoms with Gasteiger partial charge in [-0.05, 0) is 145 Å². The fourth-order valence-corrected chi connectivity index (χ4v) is 10.6. The maximum Gasteiger partial charge on any atom is 0.0159 e. The van der Waals surface area contributed by atoms with Crippen LogP contribution in [0.5, 0.6) is 0 Å². The molecule has 0 atom stereocenters. The molecule has 264 valence electrons. The first-order chi connectivity index (χ1) is 27.3. The molecular weight excluding hydrogens is 673 g/mol. The SMILES string of the molecule is CC1(C)c2ccccc2-c2cc3c(cc21)-c1ccc(-c2ccc4ccc5c(-c6ccc(-c7ccc8ccccc8c7)cc6)ccc6ccc2c4c65)cc1C3(C)C. The normalized spacial score (nSPS) is 14.7. The third-order valence-electron chi connectivity index (χ3n) is 13.6. The number of hydrogen-bond donors (Lipinski definition) is 0. The smallest absolute Gasteiger partial charge is 0.0159 e. The monoisotopic (exact) mass is 712 g/mol. The molecule has 2 aliphatic rings. The van der Waals surface area contributed by atoms with E-state index in [0.717, 1.165) is 0 Å². The van der Waals surface area contributed by atoms with Crippen LogP contribution in [0.1, 0.15) is 49.9 Å². The fourth-order valence-electron chi connectivity index (χ4n) is 10.6. The highest BCUT2D eigenvalue weighted by atomic mass is 14.4. The second-order valence-electron chi connectivity index (χ2n) is 17.3. The standard InChI is InChI=1S/C56H40/c1-55(2)49-12-8-7-11-43(49)47-31-52-48(32-51(47)55)44-26-23-40(30-50(44)56(52,3)4)42-25-20-37-21-27-45-41(24-19-36-22-28-46(42)54(37)53(36)45)35-16-13-34(14-17-35)39-18-15-33-9-5-6-10-38(33)29-39/h5-32H,1-4H3. The van der Waals surface area contributed by atoms with E-state index in [0.29, 0.717) is 0 Å². The molecule has 0 fully saturated rings. The van der Waals surface area contributed by atoms with E-state index >= 15 is 0 Å². The summed E-state index contributed by atoms with van der Waals surface area (Å²) in [6.07, 6.45) is 0. The molecule has 0 N–H and O–H groups in total. The van der Waals surface area contributed by atoms with E-state index in [-0.39, 0.29) is 10.8 Å². The van der Waals surface area contributed by atoms with Crippen LogP contribution in [0, 0.1) is 0 Å². The fraction of sp³-hybridized carbons (Fsp3) is 0.107. The average Bonchev–Trinajstić information content (AvgIpc) is 3.60. The molecule has 0 heterocycles. The van der Waals surface area contributed by atoms with Gasteiger partial charge in [-0.3, -0.25) is 0 Å². The third kappa shape index (κ3) is 4.25. The Hall–Kier alpha value is -6.50. The van der Waals surface area contributed by atoms with Crippen molar-refractivity contribution in [1.29, 1.82) is 0 Å². The van der Waals surface area contributed by atoms with Crippen LogP contribution in [0.15, 0.2) is 170 Å². The summed E-state index contributed by atoms with van der Waals surface area (Å²) in [7, 11) is 0. The molecule has 56 heavy (non-hydrogen) atoms. The highest BCUT2D eigenvalue weighted by Crippen LogP contribution is 2.56. The first-order valence-corrected chi connectivity index (χ1v) is 20.0. The van der Waals surface area contributed by atoms with Crippen molar-refractivity contribution < 1.29 is 0 Å². The summed E-state index contributed by atoms with van der Waals surface area (Å²) in [5.74, 6) is 0. The molecule has 10 aromatic carbocycles. The molecule has 10 aromatic rings. The summed E-state index contributed by atoms with van der Waals surface area (Å²) < 4.78 is 0. The molecule has 0 spiro atoms. The van der Waals surface area contributed by atoms with Gasteiger partial charge in [-0.2, -0.15) is 0 Å². The van der Waals surface area contributed by atoms with E-state index in [1.807, 2.05) is 0 Å². The predicted molar refractivity (Wildman–Crippen MR) is 239 cm³/mol. The Bertz CT molecular complexity index is 3280. The summed E-state index contributed by atoms with van der Waals surface area (Å²) in [6.45, 7) is 9.60. The van der Waals surface area contributed by atoms with Gasteiger partial charge in [0.1, 0.15) is 0 Å². The van der Waals surface area contributed by atoms with Crippen LogP contribution in [0.25, 0.3) is 98.7 Å². The quantitative estimate of drug-likeness (QED) is 0.160. The summed E-state index contributed by atoms with van der Waals surface area (Å²) in [6, 6.07) is 64.4. The molecule has 0 heteroatoms. The molecule has 0 nitrogen and oxygen atoms in total. The molecule has 2 aliphatic carbocycles. The lowest BCUT2D eigenvalue weighted by Gasteiger charge is -2.24. The van der Waals surface area contributed by atoms with Crippen LogP contribution in [-0.2, 0) is 10.8 Å². The lowest BCUT2D eigenvalue weighted by atomic mass is 9.79. The summed E-state index contributed by atoms with van der Waals surface area (Å²) >= 11 is 0. The van der Waals surface area contributed by atoms with Crippen molar-refractivity contribution in [2.24, 2.45) is 0 Å². The van der Waals surface area contributed by atoms with Crippen LogP contribution in [-0.4, -0.2) is 0 Å². The first kappa shape index (κ1) is 31.8. The molecule has 0 aromatic heterocycles. The maximum atomic E-state index is 2.52. The largest absolute Gasteiger partial charge is 0.0619 e. The van der Waals surface area contributed by atoms with E-state index in [2.05, 4.69) is 198 Å². The van der Waals surface area contributed by atoms with Gasteiger partial charge in [-0.15, -0.1) is 0 Å². The highest BCUT2D eigenvalue weighted by molar-refractivity contribution is 6.27. The summed E-state index contributed by atoms with van der Waals surface area (Å²) in [5, 5.41) is 10.4. The van der Waals surface area contributed by atoms with Crippen LogP contribution in [0.2, 0.25) is 0 Å². The van der Waals surface area contributed by atoms with Gasteiger partial charge in [0.25, 0.3) is 0 Å². The molecule has 0 saturated heterocycles. The molecule has 0 bridgehead atoms. The molecular formula is C56H40. The van der Waals surface area contributed by atoms with Crippen molar-refractivity contribution in [1.82, 2.24) is 0 Å².